The molecule has 0 aliphatic heterocycles. The van der Waals surface area contributed by atoms with Crippen LogP contribution >= 0.6 is 11.6 Å². The Labute approximate surface area is 179 Å². The molecular weight excluding hydrogens is 404 g/mol. The van der Waals surface area contributed by atoms with Crippen molar-refractivity contribution < 1.29 is 9.53 Å². The van der Waals surface area contributed by atoms with E-state index in [4.69, 9.17) is 16.3 Å². The normalized spacial score (nSPS) is 10.8. The maximum absolute atomic E-state index is 12.6. The summed E-state index contributed by atoms with van der Waals surface area (Å²) in [6.07, 6.45) is 8.77. The minimum atomic E-state index is -0.433. The Morgan fingerprint density at radius 2 is 2.00 bits per heavy atom. The van der Waals surface area contributed by atoms with Gasteiger partial charge in [-0.3, -0.25) is 9.78 Å². The smallest absolute Gasteiger partial charge is 0.339 e. The molecule has 0 radical (unpaired) electrons. The minimum Gasteiger partial charge on any atom is -0.462 e. The monoisotopic (exact) mass is 424 g/mol. The number of carbonyl (C=O) groups excluding carboxylic acids is 1. The Morgan fingerprint density at radius 3 is 2.77 bits per heavy atom. The average Bonchev–Trinajstić information content (AvgIpc) is 2.78. The van der Waals surface area contributed by atoms with E-state index in [1.165, 1.54) is 17.1 Å². The topological polar surface area (TPSA) is 86.1 Å². The molecule has 1 aromatic carbocycles. The van der Waals surface area contributed by atoms with E-state index < -0.39 is 5.97 Å². The van der Waals surface area contributed by atoms with Crippen molar-refractivity contribution in [3.63, 3.8) is 0 Å². The van der Waals surface area contributed by atoms with E-state index in [0.717, 1.165) is 5.56 Å². The van der Waals surface area contributed by atoms with Crippen LogP contribution in [0.15, 0.2) is 71.9 Å². The van der Waals surface area contributed by atoms with Gasteiger partial charge in [0.25, 0.3) is 5.56 Å². The second-order valence-corrected chi connectivity index (χ2v) is 6.73. The first-order valence-electron chi connectivity index (χ1n) is 9.43. The van der Waals surface area contributed by atoms with Gasteiger partial charge in [0.1, 0.15) is 5.69 Å². The number of rotatable bonds is 9. The highest BCUT2D eigenvalue weighted by molar-refractivity contribution is 6.33. The molecule has 0 saturated heterocycles. The van der Waals surface area contributed by atoms with E-state index in [1.807, 2.05) is 42.5 Å². The van der Waals surface area contributed by atoms with Crippen molar-refractivity contribution >= 4 is 29.3 Å². The van der Waals surface area contributed by atoms with Crippen molar-refractivity contribution in [1.82, 2.24) is 14.8 Å². The van der Waals surface area contributed by atoms with Crippen LogP contribution in [0.5, 0.6) is 0 Å². The molecule has 8 heteroatoms. The molecule has 30 heavy (non-hydrogen) atoms. The molecule has 2 aromatic heterocycles. The number of halogens is 1. The van der Waals surface area contributed by atoms with E-state index in [9.17, 15) is 9.59 Å². The van der Waals surface area contributed by atoms with Crippen LogP contribution in [-0.4, -0.2) is 33.9 Å². The number of hydrogen-bond donors (Lipinski definition) is 1. The van der Waals surface area contributed by atoms with E-state index >= 15 is 0 Å². The van der Waals surface area contributed by atoms with Gasteiger partial charge in [-0.1, -0.05) is 54.1 Å². The fraction of sp³-hybridized carbons (Fsp3) is 0.182. The third-order valence-corrected chi connectivity index (χ3v) is 4.43. The second kappa shape index (κ2) is 10.9. The largest absolute Gasteiger partial charge is 0.462 e. The fourth-order valence-corrected chi connectivity index (χ4v) is 2.82. The van der Waals surface area contributed by atoms with Gasteiger partial charge in [-0.25, -0.2) is 9.48 Å². The van der Waals surface area contributed by atoms with E-state index in [0.29, 0.717) is 25.1 Å². The lowest BCUT2D eigenvalue weighted by Crippen LogP contribution is -2.26. The van der Waals surface area contributed by atoms with Crippen LogP contribution in [0.1, 0.15) is 22.3 Å². The summed E-state index contributed by atoms with van der Waals surface area (Å²) in [4.78, 5) is 28.4. The van der Waals surface area contributed by atoms with Crippen LogP contribution < -0.4 is 10.9 Å². The summed E-state index contributed by atoms with van der Waals surface area (Å²) in [5.74, 6) is -0.433. The number of nitrogens with one attached hydrogen (secondary N) is 1. The molecular formula is C22H21ClN4O3. The molecule has 3 rings (SSSR count). The molecule has 154 valence electrons. The van der Waals surface area contributed by atoms with Crippen molar-refractivity contribution in [2.45, 2.75) is 13.0 Å². The van der Waals surface area contributed by atoms with Crippen LogP contribution in [0, 0.1) is 0 Å². The summed E-state index contributed by atoms with van der Waals surface area (Å²) in [5, 5.41) is 7.33. The standard InChI is InChI=1S/C22H21ClN4O3/c23-19-16-26-27(13-5-9-17-7-2-1-3-8-17)21(28)20(19)25-12-6-14-30-22(29)18-10-4-11-24-15-18/h1-5,7-11,15-16,25H,6,12-14H2/b9-5+. The molecule has 3 aromatic rings. The maximum Gasteiger partial charge on any atom is 0.339 e. The summed E-state index contributed by atoms with van der Waals surface area (Å²) in [6, 6.07) is 13.1. The number of esters is 1. The zero-order valence-electron chi connectivity index (χ0n) is 16.2. The quantitative estimate of drug-likeness (QED) is 0.416. The number of nitrogens with zero attached hydrogens (tertiary/aromatic N) is 3. The number of ether oxygens (including phenoxy) is 1. The molecule has 0 fully saturated rings. The first-order chi connectivity index (χ1) is 14.6. The Morgan fingerprint density at radius 1 is 1.17 bits per heavy atom. The van der Waals surface area contributed by atoms with Gasteiger partial charge in [-0.2, -0.15) is 5.10 Å². The molecule has 1 N–H and O–H groups in total. The van der Waals surface area contributed by atoms with E-state index in [1.54, 1.807) is 18.3 Å². The van der Waals surface area contributed by atoms with Gasteiger partial charge in [0, 0.05) is 18.9 Å². The molecule has 0 spiro atoms. The molecule has 0 unspecified atom stereocenters. The number of aromatic nitrogens is 3. The second-order valence-electron chi connectivity index (χ2n) is 6.33. The zero-order valence-corrected chi connectivity index (χ0v) is 17.0. The third-order valence-electron chi connectivity index (χ3n) is 4.14. The van der Waals surface area contributed by atoms with Gasteiger partial charge in [0.15, 0.2) is 0 Å². The molecule has 0 aliphatic rings. The lowest BCUT2D eigenvalue weighted by Gasteiger charge is -2.10. The van der Waals surface area contributed by atoms with Gasteiger partial charge >= 0.3 is 5.97 Å². The summed E-state index contributed by atoms with van der Waals surface area (Å²) in [5.41, 5.74) is 1.40. The lowest BCUT2D eigenvalue weighted by molar-refractivity contribution is 0.0503. The zero-order chi connectivity index (χ0) is 21.2. The van der Waals surface area contributed by atoms with Crippen LogP contribution in [0.3, 0.4) is 0 Å². The molecule has 7 nitrogen and oxygen atoms in total. The first kappa shape index (κ1) is 21.3. The highest BCUT2D eigenvalue weighted by atomic mass is 35.5. The number of allylic oxidation sites excluding steroid dienone is 1. The highest BCUT2D eigenvalue weighted by Crippen LogP contribution is 2.15. The van der Waals surface area contributed by atoms with E-state index in [-0.39, 0.29) is 22.9 Å². The van der Waals surface area contributed by atoms with Gasteiger partial charge < -0.3 is 10.1 Å². The van der Waals surface area contributed by atoms with Crippen molar-refractivity contribution in [2.75, 3.05) is 18.5 Å². The molecule has 0 amide bonds. The predicted octanol–water partition coefficient (Wildman–Crippen LogP) is 3.66. The van der Waals surface area contributed by atoms with E-state index in [2.05, 4.69) is 15.4 Å². The highest BCUT2D eigenvalue weighted by Gasteiger charge is 2.10. The van der Waals surface area contributed by atoms with Crippen molar-refractivity contribution in [2.24, 2.45) is 0 Å². The Bertz CT molecular complexity index is 1050. The Hall–Kier alpha value is -3.45. The molecule has 2 heterocycles. The minimum absolute atomic E-state index is 0.206. The number of carbonyl (C=O) groups is 1. The number of pyridine rings is 1. The summed E-state index contributed by atoms with van der Waals surface area (Å²) in [7, 11) is 0. The van der Waals surface area contributed by atoms with Gasteiger partial charge in [-0.05, 0) is 24.1 Å². The Balaban J connectivity index is 1.51. The van der Waals surface area contributed by atoms with Gasteiger partial charge in [-0.15, -0.1) is 0 Å². The number of hydrogen-bond acceptors (Lipinski definition) is 6. The molecule has 0 atom stereocenters. The first-order valence-corrected chi connectivity index (χ1v) is 9.81. The van der Waals surface area contributed by atoms with Crippen molar-refractivity contribution in [3.05, 3.63) is 93.6 Å². The van der Waals surface area contributed by atoms with Gasteiger partial charge in [0.05, 0.1) is 29.9 Å². The summed E-state index contributed by atoms with van der Waals surface area (Å²) < 4.78 is 6.52. The van der Waals surface area contributed by atoms with Crippen LogP contribution in [0.4, 0.5) is 5.69 Å². The molecule has 0 bridgehead atoms. The molecule has 0 aliphatic carbocycles. The molecule has 0 saturated carbocycles. The summed E-state index contributed by atoms with van der Waals surface area (Å²) in [6.45, 7) is 0.943. The Kier molecular flexibility index (Phi) is 7.74. The van der Waals surface area contributed by atoms with Crippen molar-refractivity contribution in [3.8, 4) is 0 Å². The van der Waals surface area contributed by atoms with Crippen molar-refractivity contribution in [1.29, 1.82) is 0 Å². The SMILES string of the molecule is O=C(OCCCNc1c(Cl)cnn(C/C=C/c2ccccc2)c1=O)c1cccnc1. The average molecular weight is 425 g/mol. The maximum atomic E-state index is 12.6. The van der Waals surface area contributed by atoms with Crippen LogP contribution in [0.25, 0.3) is 6.08 Å². The van der Waals surface area contributed by atoms with Crippen LogP contribution in [-0.2, 0) is 11.3 Å². The third kappa shape index (κ3) is 6.02. The number of anilines is 1. The lowest BCUT2D eigenvalue weighted by atomic mass is 10.2. The fourth-order valence-electron chi connectivity index (χ4n) is 2.63. The predicted molar refractivity (Wildman–Crippen MR) is 117 cm³/mol. The summed E-state index contributed by atoms with van der Waals surface area (Å²) >= 11 is 6.13. The van der Waals surface area contributed by atoms with Crippen LogP contribution in [0.2, 0.25) is 5.02 Å². The number of benzene rings is 1. The van der Waals surface area contributed by atoms with Gasteiger partial charge in [0.2, 0.25) is 0 Å².